The van der Waals surface area contributed by atoms with Crippen molar-refractivity contribution in [2.75, 3.05) is 5.73 Å². The van der Waals surface area contributed by atoms with Crippen molar-refractivity contribution in [2.24, 2.45) is 0 Å². The SMILES string of the molecule is Nc1c(C(=O)NC2CCC(NC(=O)Cc3nc4ccc(-c5ccccc5)cc4s3)C2)[nH]c(=O)[nH]c1=O. The molecule has 0 radical (unpaired) electrons. The number of aromatic nitrogens is 3. The van der Waals surface area contributed by atoms with Gasteiger partial charge in [-0.15, -0.1) is 11.3 Å². The van der Waals surface area contributed by atoms with Gasteiger partial charge in [0.05, 0.1) is 16.6 Å². The molecule has 11 heteroatoms. The van der Waals surface area contributed by atoms with E-state index >= 15 is 0 Å². The third kappa shape index (κ3) is 5.05. The molecular weight excluding hydrogens is 480 g/mol. The van der Waals surface area contributed by atoms with E-state index in [4.69, 9.17) is 5.73 Å². The van der Waals surface area contributed by atoms with Crippen molar-refractivity contribution in [1.82, 2.24) is 25.6 Å². The molecule has 1 aliphatic rings. The summed E-state index contributed by atoms with van der Waals surface area (Å²) >= 11 is 1.50. The van der Waals surface area contributed by atoms with Crippen LogP contribution >= 0.6 is 11.3 Å². The van der Waals surface area contributed by atoms with Crippen molar-refractivity contribution >= 4 is 39.1 Å². The third-order valence-corrected chi connectivity index (χ3v) is 7.21. The Kier molecular flexibility index (Phi) is 6.38. The predicted molar refractivity (Wildman–Crippen MR) is 138 cm³/mol. The number of carbonyl (C=O) groups excluding carboxylic acids is 2. The zero-order chi connectivity index (χ0) is 25.2. The van der Waals surface area contributed by atoms with Crippen LogP contribution < -0.4 is 27.6 Å². The van der Waals surface area contributed by atoms with Crippen LogP contribution in [0.25, 0.3) is 21.3 Å². The lowest BCUT2D eigenvalue weighted by atomic mass is 10.1. The number of H-pyrrole nitrogens is 2. The number of thiazole rings is 1. The van der Waals surface area contributed by atoms with Crippen LogP contribution in [0.3, 0.4) is 0 Å². The van der Waals surface area contributed by atoms with E-state index in [-0.39, 0.29) is 35.8 Å². The maximum Gasteiger partial charge on any atom is 0.326 e. The molecule has 2 heterocycles. The van der Waals surface area contributed by atoms with E-state index in [0.29, 0.717) is 19.3 Å². The van der Waals surface area contributed by atoms with Crippen LogP contribution in [0.15, 0.2) is 58.1 Å². The Morgan fingerprint density at radius 1 is 1.00 bits per heavy atom. The molecule has 10 nitrogen and oxygen atoms in total. The highest BCUT2D eigenvalue weighted by atomic mass is 32.1. The molecule has 2 unspecified atom stereocenters. The minimum Gasteiger partial charge on any atom is -0.392 e. The van der Waals surface area contributed by atoms with E-state index in [9.17, 15) is 19.2 Å². The summed E-state index contributed by atoms with van der Waals surface area (Å²) in [5.41, 5.74) is 6.49. The van der Waals surface area contributed by atoms with Crippen molar-refractivity contribution < 1.29 is 9.59 Å². The second-order valence-electron chi connectivity index (χ2n) is 8.78. The fourth-order valence-corrected chi connectivity index (χ4v) is 5.46. The normalized spacial score (nSPS) is 17.2. The largest absolute Gasteiger partial charge is 0.392 e. The second-order valence-corrected chi connectivity index (χ2v) is 9.89. The molecule has 2 amide bonds. The van der Waals surface area contributed by atoms with E-state index in [2.05, 4.69) is 38.8 Å². The van der Waals surface area contributed by atoms with Gasteiger partial charge in [0.15, 0.2) is 0 Å². The van der Waals surface area contributed by atoms with E-state index in [0.717, 1.165) is 26.4 Å². The zero-order valence-electron chi connectivity index (χ0n) is 19.2. The number of nitrogens with one attached hydrogen (secondary N) is 4. The van der Waals surface area contributed by atoms with E-state index < -0.39 is 17.2 Å². The highest BCUT2D eigenvalue weighted by Crippen LogP contribution is 2.28. The summed E-state index contributed by atoms with van der Waals surface area (Å²) in [6.07, 6.45) is 2.05. The Hall–Kier alpha value is -4.25. The van der Waals surface area contributed by atoms with E-state index in [1.165, 1.54) is 11.3 Å². The van der Waals surface area contributed by atoms with Crippen molar-refractivity contribution in [2.45, 2.75) is 37.8 Å². The second kappa shape index (κ2) is 9.78. The first-order valence-electron chi connectivity index (χ1n) is 11.5. The number of nitrogen functional groups attached to an aromatic ring is 1. The number of nitrogens with two attached hydrogens (primary N) is 1. The minimum absolute atomic E-state index is 0.0996. The standard InChI is InChI=1S/C25H24N6O4S/c26-21-22(30-25(35)31-23(21)33)24(34)28-16-8-7-15(11-16)27-19(32)12-20-29-17-9-6-14(10-18(17)36-20)13-4-2-1-3-5-13/h1-6,9-10,15-16H,7-8,11-12,26H2,(H,27,32)(H,28,34)(H2,30,31,33,35). The Balaban J connectivity index is 1.17. The molecule has 4 aromatic rings. The number of rotatable bonds is 6. The van der Waals surface area contributed by atoms with Crippen molar-refractivity contribution in [3.05, 3.63) is 80.1 Å². The van der Waals surface area contributed by atoms with Gasteiger partial charge in [-0.2, -0.15) is 0 Å². The average Bonchev–Trinajstić information content (AvgIpc) is 3.46. The van der Waals surface area contributed by atoms with Gasteiger partial charge in [0.2, 0.25) is 5.91 Å². The van der Waals surface area contributed by atoms with Crippen LogP contribution in [0.4, 0.5) is 5.69 Å². The van der Waals surface area contributed by atoms with E-state index in [1.54, 1.807) is 0 Å². The number of aromatic amines is 2. The molecule has 0 spiro atoms. The molecule has 1 fully saturated rings. The minimum atomic E-state index is -0.813. The lowest BCUT2D eigenvalue weighted by molar-refractivity contribution is -0.121. The first kappa shape index (κ1) is 23.5. The van der Waals surface area contributed by atoms with Gasteiger partial charge < -0.3 is 21.4 Å². The van der Waals surface area contributed by atoms with Gasteiger partial charge in [0.1, 0.15) is 16.4 Å². The van der Waals surface area contributed by atoms with E-state index in [1.807, 2.05) is 35.3 Å². The maximum atomic E-state index is 12.7. The van der Waals surface area contributed by atoms with Crippen LogP contribution in [-0.4, -0.2) is 38.8 Å². The van der Waals surface area contributed by atoms with Gasteiger partial charge in [-0.3, -0.25) is 19.4 Å². The molecule has 5 rings (SSSR count). The van der Waals surface area contributed by atoms with Crippen LogP contribution in [-0.2, 0) is 11.2 Å². The number of anilines is 1. The zero-order valence-corrected chi connectivity index (χ0v) is 20.0. The molecule has 6 N–H and O–H groups in total. The maximum absolute atomic E-state index is 12.7. The molecule has 36 heavy (non-hydrogen) atoms. The van der Waals surface area contributed by atoms with Gasteiger partial charge in [-0.25, -0.2) is 9.78 Å². The first-order chi connectivity index (χ1) is 17.4. The highest BCUT2D eigenvalue weighted by Gasteiger charge is 2.28. The van der Waals surface area contributed by atoms with Gasteiger partial charge in [-0.05, 0) is 42.5 Å². The number of nitrogens with zero attached hydrogens (tertiary/aromatic N) is 1. The molecule has 1 aliphatic carbocycles. The average molecular weight is 505 g/mol. The topological polar surface area (TPSA) is 163 Å². The summed E-state index contributed by atoms with van der Waals surface area (Å²) in [7, 11) is 0. The number of hydrogen-bond acceptors (Lipinski definition) is 7. The van der Waals surface area contributed by atoms with Crippen molar-refractivity contribution in [1.29, 1.82) is 0 Å². The Labute approximate surface area is 209 Å². The molecule has 184 valence electrons. The van der Waals surface area contributed by atoms with Crippen molar-refractivity contribution in [3.8, 4) is 11.1 Å². The van der Waals surface area contributed by atoms with Gasteiger partial charge >= 0.3 is 5.69 Å². The fraction of sp³-hybridized carbons (Fsp3) is 0.240. The van der Waals surface area contributed by atoms with Crippen LogP contribution in [0, 0.1) is 0 Å². The summed E-state index contributed by atoms with van der Waals surface area (Å²) in [5, 5.41) is 6.54. The quantitative estimate of drug-likeness (QED) is 0.269. The van der Waals surface area contributed by atoms with Gasteiger partial charge in [0.25, 0.3) is 11.5 Å². The first-order valence-corrected chi connectivity index (χ1v) is 12.3. The van der Waals surface area contributed by atoms with Gasteiger partial charge in [-0.1, -0.05) is 36.4 Å². The Bertz CT molecular complexity index is 1560. The Morgan fingerprint density at radius 3 is 2.53 bits per heavy atom. The summed E-state index contributed by atoms with van der Waals surface area (Å²) in [5.74, 6) is -0.755. The summed E-state index contributed by atoms with van der Waals surface area (Å²) in [6, 6.07) is 15.9. The highest BCUT2D eigenvalue weighted by molar-refractivity contribution is 7.18. The van der Waals surface area contributed by atoms with Crippen LogP contribution in [0.2, 0.25) is 0 Å². The summed E-state index contributed by atoms with van der Waals surface area (Å²) in [6.45, 7) is 0. The molecule has 2 aromatic heterocycles. The lowest BCUT2D eigenvalue weighted by Crippen LogP contribution is -2.39. The monoisotopic (exact) mass is 504 g/mol. The Morgan fingerprint density at radius 2 is 1.75 bits per heavy atom. The molecule has 0 aliphatic heterocycles. The van der Waals surface area contributed by atoms with Gasteiger partial charge in [0, 0.05) is 12.1 Å². The predicted octanol–water partition coefficient (Wildman–Crippen LogP) is 1.93. The number of amides is 2. The molecule has 0 saturated heterocycles. The third-order valence-electron chi connectivity index (χ3n) is 6.19. The lowest BCUT2D eigenvalue weighted by Gasteiger charge is -2.15. The number of carbonyl (C=O) groups is 2. The molecule has 0 bridgehead atoms. The summed E-state index contributed by atoms with van der Waals surface area (Å²) < 4.78 is 1.03. The smallest absolute Gasteiger partial charge is 0.326 e. The number of hydrogen-bond donors (Lipinski definition) is 5. The number of benzene rings is 2. The summed E-state index contributed by atoms with van der Waals surface area (Å²) in [4.78, 5) is 57.1. The fourth-order valence-electron chi connectivity index (χ4n) is 4.45. The number of fused-ring (bicyclic) bond motifs is 1. The molecule has 2 aromatic carbocycles. The van der Waals surface area contributed by atoms with Crippen molar-refractivity contribution in [3.63, 3.8) is 0 Å². The van der Waals surface area contributed by atoms with Crippen LogP contribution in [0.1, 0.15) is 34.8 Å². The van der Waals surface area contributed by atoms with Crippen LogP contribution in [0.5, 0.6) is 0 Å². The molecule has 1 saturated carbocycles. The molecular formula is C25H24N6O4S. The molecule has 2 atom stereocenters.